The Labute approximate surface area is 149 Å². The Kier molecular flexibility index (Phi) is 3.96. The van der Waals surface area contributed by atoms with Gasteiger partial charge >= 0.3 is 0 Å². The molecule has 1 aromatic heterocycles. The Morgan fingerprint density at radius 1 is 1.16 bits per heavy atom. The Hall–Kier alpha value is -3.10. The fraction of sp³-hybridized carbons (Fsp3) is 0.100. The van der Waals surface area contributed by atoms with Crippen molar-refractivity contribution in [3.63, 3.8) is 0 Å². The minimum absolute atomic E-state index is 0.249. The molecule has 0 unspecified atom stereocenters. The van der Waals surface area contributed by atoms with Crippen LogP contribution in [0.15, 0.2) is 47.8 Å². The van der Waals surface area contributed by atoms with E-state index in [1.54, 1.807) is 0 Å². The van der Waals surface area contributed by atoms with E-state index >= 15 is 0 Å². The molecule has 5 heteroatoms. The third kappa shape index (κ3) is 3.12. The second-order valence-corrected chi connectivity index (χ2v) is 6.54. The molecular formula is C20H14N2O2S. The van der Waals surface area contributed by atoms with Crippen LogP contribution < -0.4 is 9.47 Å². The van der Waals surface area contributed by atoms with Crippen molar-refractivity contribution in [2.45, 2.75) is 6.92 Å². The van der Waals surface area contributed by atoms with Gasteiger partial charge in [0.05, 0.1) is 11.3 Å². The molecule has 0 fully saturated rings. The molecule has 0 amide bonds. The Balaban J connectivity index is 1.65. The molecule has 0 N–H and O–H groups in total. The first kappa shape index (κ1) is 15.4. The number of hydrogen-bond donors (Lipinski definition) is 0. The SMILES string of the molecule is Cc1ccc(C=C(C#N)c2nc(-c3ccc4c(c3)OCO4)cs2)cc1. The molecule has 0 atom stereocenters. The zero-order chi connectivity index (χ0) is 17.2. The standard InChI is InChI=1S/C20H14N2O2S/c1-13-2-4-14(5-3-13)8-16(10-21)20-22-17(11-25-20)15-6-7-18-19(9-15)24-12-23-18/h2-9,11H,12H2,1H3. The molecular weight excluding hydrogens is 332 g/mol. The van der Waals surface area contributed by atoms with Gasteiger partial charge < -0.3 is 9.47 Å². The molecule has 25 heavy (non-hydrogen) atoms. The van der Waals surface area contributed by atoms with E-state index in [0.717, 1.165) is 28.3 Å². The van der Waals surface area contributed by atoms with Crippen molar-refractivity contribution < 1.29 is 9.47 Å². The van der Waals surface area contributed by atoms with Crippen molar-refractivity contribution in [1.29, 1.82) is 5.26 Å². The fourth-order valence-corrected chi connectivity index (χ4v) is 3.35. The van der Waals surface area contributed by atoms with Gasteiger partial charge in [0, 0.05) is 10.9 Å². The molecule has 2 heterocycles. The highest BCUT2D eigenvalue weighted by molar-refractivity contribution is 7.11. The summed E-state index contributed by atoms with van der Waals surface area (Å²) in [5, 5.41) is 12.2. The van der Waals surface area contributed by atoms with Gasteiger partial charge in [-0.2, -0.15) is 5.26 Å². The van der Waals surface area contributed by atoms with Gasteiger partial charge in [0.15, 0.2) is 11.5 Å². The third-order valence-electron chi connectivity index (χ3n) is 3.91. The summed E-state index contributed by atoms with van der Waals surface area (Å²) in [5.74, 6) is 1.47. The third-order valence-corrected chi connectivity index (χ3v) is 4.79. The van der Waals surface area contributed by atoms with Gasteiger partial charge in [0.2, 0.25) is 6.79 Å². The molecule has 3 aromatic rings. The van der Waals surface area contributed by atoms with Crippen LogP contribution >= 0.6 is 11.3 Å². The maximum absolute atomic E-state index is 9.51. The van der Waals surface area contributed by atoms with Gasteiger partial charge in [-0.25, -0.2) is 4.98 Å². The second-order valence-electron chi connectivity index (χ2n) is 5.69. The summed E-state index contributed by atoms with van der Waals surface area (Å²) in [6, 6.07) is 16.0. The number of aryl methyl sites for hydroxylation is 1. The zero-order valence-electron chi connectivity index (χ0n) is 13.5. The van der Waals surface area contributed by atoms with E-state index in [2.05, 4.69) is 11.1 Å². The van der Waals surface area contributed by atoms with Gasteiger partial charge in [-0.1, -0.05) is 29.8 Å². The smallest absolute Gasteiger partial charge is 0.231 e. The first-order valence-corrected chi connectivity index (χ1v) is 8.65. The summed E-state index contributed by atoms with van der Waals surface area (Å²) in [6.45, 7) is 2.29. The summed E-state index contributed by atoms with van der Waals surface area (Å²) in [6.07, 6.45) is 1.86. The predicted molar refractivity (Wildman–Crippen MR) is 98.3 cm³/mol. The topological polar surface area (TPSA) is 55.1 Å². The lowest BCUT2D eigenvalue weighted by molar-refractivity contribution is 0.174. The van der Waals surface area contributed by atoms with Gasteiger partial charge in [-0.05, 0) is 36.8 Å². The summed E-state index contributed by atoms with van der Waals surface area (Å²) in [5.41, 5.74) is 4.50. The quantitative estimate of drug-likeness (QED) is 0.632. The number of aromatic nitrogens is 1. The van der Waals surface area contributed by atoms with Crippen LogP contribution in [0.2, 0.25) is 0 Å². The molecule has 4 nitrogen and oxygen atoms in total. The monoisotopic (exact) mass is 346 g/mol. The van der Waals surface area contributed by atoms with Crippen molar-refractivity contribution >= 4 is 23.0 Å². The molecule has 1 aliphatic rings. The summed E-state index contributed by atoms with van der Waals surface area (Å²) >= 11 is 1.46. The number of thiazole rings is 1. The average molecular weight is 346 g/mol. The van der Waals surface area contributed by atoms with Crippen molar-refractivity contribution in [2.75, 3.05) is 6.79 Å². The molecule has 2 aromatic carbocycles. The lowest BCUT2D eigenvalue weighted by Crippen LogP contribution is -1.92. The highest BCUT2D eigenvalue weighted by Crippen LogP contribution is 2.36. The number of nitrogens with zero attached hydrogens (tertiary/aromatic N) is 2. The van der Waals surface area contributed by atoms with Crippen molar-refractivity contribution in [3.8, 4) is 28.8 Å². The van der Waals surface area contributed by atoms with Crippen LogP contribution in [-0.2, 0) is 0 Å². The van der Waals surface area contributed by atoms with E-state index in [4.69, 9.17) is 9.47 Å². The van der Waals surface area contributed by atoms with E-state index < -0.39 is 0 Å². The summed E-state index contributed by atoms with van der Waals surface area (Å²) in [7, 11) is 0. The number of nitriles is 1. The number of rotatable bonds is 3. The van der Waals surface area contributed by atoms with Crippen molar-refractivity contribution in [2.24, 2.45) is 0 Å². The first-order chi connectivity index (χ1) is 12.2. The highest BCUT2D eigenvalue weighted by atomic mass is 32.1. The van der Waals surface area contributed by atoms with Crippen LogP contribution in [0.1, 0.15) is 16.1 Å². The molecule has 122 valence electrons. The molecule has 0 radical (unpaired) electrons. The molecule has 0 saturated carbocycles. The molecule has 0 saturated heterocycles. The summed E-state index contributed by atoms with van der Waals surface area (Å²) in [4.78, 5) is 4.62. The van der Waals surface area contributed by atoms with Gasteiger partial charge in [-0.15, -0.1) is 11.3 Å². The van der Waals surface area contributed by atoms with Gasteiger partial charge in [0.25, 0.3) is 0 Å². The summed E-state index contributed by atoms with van der Waals surface area (Å²) < 4.78 is 10.7. The van der Waals surface area contributed by atoms with Crippen molar-refractivity contribution in [3.05, 3.63) is 64.0 Å². The molecule has 0 spiro atoms. The highest BCUT2D eigenvalue weighted by Gasteiger charge is 2.15. The van der Waals surface area contributed by atoms with Crippen LogP contribution in [-0.4, -0.2) is 11.8 Å². The lowest BCUT2D eigenvalue weighted by atomic mass is 10.1. The van der Waals surface area contributed by atoms with E-state index in [0.29, 0.717) is 10.6 Å². The minimum Gasteiger partial charge on any atom is -0.454 e. The molecule has 4 rings (SSSR count). The predicted octanol–water partition coefficient (Wildman–Crippen LogP) is 4.91. The molecule has 0 bridgehead atoms. The van der Waals surface area contributed by atoms with E-state index in [9.17, 15) is 5.26 Å². The largest absolute Gasteiger partial charge is 0.454 e. The van der Waals surface area contributed by atoms with Crippen LogP contribution in [0.25, 0.3) is 22.9 Å². The minimum atomic E-state index is 0.249. The number of ether oxygens (including phenoxy) is 2. The van der Waals surface area contributed by atoms with Gasteiger partial charge in [-0.3, -0.25) is 0 Å². The normalized spacial score (nSPS) is 12.9. The van der Waals surface area contributed by atoms with Crippen LogP contribution in [0.5, 0.6) is 11.5 Å². The van der Waals surface area contributed by atoms with Gasteiger partial charge in [0.1, 0.15) is 11.1 Å². The van der Waals surface area contributed by atoms with E-state index in [1.165, 1.54) is 16.9 Å². The second kappa shape index (κ2) is 6.42. The maximum Gasteiger partial charge on any atom is 0.231 e. The zero-order valence-corrected chi connectivity index (χ0v) is 14.3. The van der Waals surface area contributed by atoms with Crippen molar-refractivity contribution in [1.82, 2.24) is 4.98 Å². The average Bonchev–Trinajstić information content (AvgIpc) is 3.30. The number of hydrogen-bond acceptors (Lipinski definition) is 5. The van der Waals surface area contributed by atoms with Crippen LogP contribution in [0.4, 0.5) is 0 Å². The fourth-order valence-electron chi connectivity index (χ4n) is 2.56. The van der Waals surface area contributed by atoms with Crippen LogP contribution in [0, 0.1) is 18.3 Å². The molecule has 1 aliphatic heterocycles. The van der Waals surface area contributed by atoms with E-state index in [1.807, 2.05) is 60.8 Å². The Morgan fingerprint density at radius 3 is 2.76 bits per heavy atom. The number of allylic oxidation sites excluding steroid dienone is 1. The lowest BCUT2D eigenvalue weighted by Gasteiger charge is -2.00. The molecule has 0 aliphatic carbocycles. The number of fused-ring (bicyclic) bond motifs is 1. The number of benzene rings is 2. The maximum atomic E-state index is 9.51. The van der Waals surface area contributed by atoms with E-state index in [-0.39, 0.29) is 6.79 Å². The van der Waals surface area contributed by atoms with Crippen LogP contribution in [0.3, 0.4) is 0 Å². The first-order valence-electron chi connectivity index (χ1n) is 7.77. The Morgan fingerprint density at radius 2 is 1.96 bits per heavy atom. The Bertz CT molecular complexity index is 997.